The van der Waals surface area contributed by atoms with Crippen molar-refractivity contribution in [1.82, 2.24) is 9.80 Å². The highest BCUT2D eigenvalue weighted by molar-refractivity contribution is 5.91. The number of methoxy groups -OCH3 is 1. The molecule has 2 aromatic rings. The molecule has 7 nitrogen and oxygen atoms in total. The summed E-state index contributed by atoms with van der Waals surface area (Å²) in [4.78, 5) is 39.1. The predicted molar refractivity (Wildman–Crippen MR) is 134 cm³/mol. The number of hydrogen-bond acceptors (Lipinski definition) is 5. The van der Waals surface area contributed by atoms with E-state index in [4.69, 9.17) is 9.84 Å². The highest BCUT2D eigenvalue weighted by atomic mass is 16.5. The Hall–Kier alpha value is -3.19. The molecule has 2 aliphatic heterocycles. The van der Waals surface area contributed by atoms with Crippen LogP contribution in [-0.4, -0.2) is 52.9 Å². The summed E-state index contributed by atoms with van der Waals surface area (Å²) in [5.41, 5.74) is 5.77. The van der Waals surface area contributed by atoms with Crippen molar-refractivity contribution >= 4 is 17.8 Å². The van der Waals surface area contributed by atoms with Crippen molar-refractivity contribution in [3.05, 3.63) is 69.8 Å². The quantitative estimate of drug-likeness (QED) is 0.629. The van der Waals surface area contributed by atoms with Gasteiger partial charge in [0.25, 0.3) is 0 Å². The monoisotopic (exact) mass is 490 g/mol. The number of hydrogen-bond donors (Lipinski definition) is 1. The first-order valence-electron chi connectivity index (χ1n) is 12.7. The van der Waals surface area contributed by atoms with E-state index in [0.29, 0.717) is 47.6 Å². The Morgan fingerprint density at radius 2 is 1.42 bits per heavy atom. The summed E-state index contributed by atoms with van der Waals surface area (Å²) in [6.07, 6.45) is 2.19. The first-order chi connectivity index (χ1) is 17.3. The van der Waals surface area contributed by atoms with Gasteiger partial charge in [0, 0.05) is 38.0 Å². The lowest BCUT2D eigenvalue weighted by Gasteiger charge is -2.18. The molecule has 7 heteroatoms. The van der Waals surface area contributed by atoms with Gasteiger partial charge < -0.3 is 19.6 Å². The van der Waals surface area contributed by atoms with Crippen LogP contribution < -0.4 is 0 Å². The van der Waals surface area contributed by atoms with Gasteiger partial charge in [0.15, 0.2) is 0 Å². The van der Waals surface area contributed by atoms with Crippen LogP contribution in [0.4, 0.5) is 0 Å². The van der Waals surface area contributed by atoms with E-state index >= 15 is 0 Å². The average molecular weight is 491 g/mol. The third-order valence-electron chi connectivity index (χ3n) is 8.03. The van der Waals surface area contributed by atoms with Crippen molar-refractivity contribution in [2.24, 2.45) is 23.7 Å². The Kier molecular flexibility index (Phi) is 6.60. The Morgan fingerprint density at radius 3 is 1.83 bits per heavy atom. The number of carbonyl (C=O) groups is 3. The largest absolute Gasteiger partial charge is 0.465 e. The Labute approximate surface area is 212 Å². The second-order valence-corrected chi connectivity index (χ2v) is 10.7. The zero-order chi connectivity index (χ0) is 25.6. The maximum Gasteiger partial charge on any atom is 0.338 e. The van der Waals surface area contributed by atoms with E-state index in [-0.39, 0.29) is 12.6 Å². The van der Waals surface area contributed by atoms with E-state index in [1.807, 2.05) is 47.9 Å². The van der Waals surface area contributed by atoms with Crippen molar-refractivity contribution in [1.29, 1.82) is 0 Å². The molecule has 2 aromatic carbocycles. The van der Waals surface area contributed by atoms with E-state index in [1.54, 1.807) is 6.07 Å². The zero-order valence-corrected chi connectivity index (χ0v) is 21.2. The fourth-order valence-electron chi connectivity index (χ4n) is 5.64. The molecule has 4 fully saturated rings. The van der Waals surface area contributed by atoms with Gasteiger partial charge in [-0.05, 0) is 72.4 Å². The molecule has 0 spiro atoms. The summed E-state index contributed by atoms with van der Waals surface area (Å²) in [5.74, 6) is 2.19. The van der Waals surface area contributed by atoms with Gasteiger partial charge in [-0.2, -0.15) is 0 Å². The molecule has 6 rings (SSSR count). The Morgan fingerprint density at radius 1 is 0.889 bits per heavy atom. The summed E-state index contributed by atoms with van der Waals surface area (Å²) < 4.78 is 4.72. The topological polar surface area (TPSA) is 87.2 Å². The molecule has 2 heterocycles. The molecule has 4 aliphatic rings. The first kappa shape index (κ1) is 24.5. The number of fused-ring (bicyclic) bond motifs is 2. The van der Waals surface area contributed by atoms with Crippen LogP contribution in [-0.2, 0) is 34.0 Å². The van der Waals surface area contributed by atoms with Gasteiger partial charge in [-0.15, -0.1) is 0 Å². The summed E-state index contributed by atoms with van der Waals surface area (Å²) in [6.45, 7) is 7.16. The molecule has 2 saturated heterocycles. The van der Waals surface area contributed by atoms with E-state index in [1.165, 1.54) is 7.11 Å². The van der Waals surface area contributed by atoms with Crippen LogP contribution >= 0.6 is 0 Å². The minimum absolute atomic E-state index is 0.0822. The normalized spacial score (nSPS) is 25.2. The lowest BCUT2D eigenvalue weighted by Crippen LogP contribution is -2.27. The SMILES string of the molecule is COC(=O)c1ccc(CN2CC3CC3C2=O)cc1C.Cc1cc(CN2CC3CC3C2=O)ccc1CO. The number of ether oxygens (including phenoxy) is 1. The average Bonchev–Trinajstić information content (AvgIpc) is 3.76. The molecule has 4 atom stereocenters. The number of nitrogens with zero attached hydrogens (tertiary/aromatic N) is 2. The van der Waals surface area contributed by atoms with Gasteiger partial charge in [-0.25, -0.2) is 4.79 Å². The zero-order valence-electron chi connectivity index (χ0n) is 21.2. The molecule has 2 aliphatic carbocycles. The van der Waals surface area contributed by atoms with E-state index in [2.05, 4.69) is 6.07 Å². The number of carbonyl (C=O) groups excluding carboxylic acids is 3. The maximum absolute atomic E-state index is 11.9. The molecule has 1 N–H and O–H groups in total. The molecule has 36 heavy (non-hydrogen) atoms. The molecule has 0 bridgehead atoms. The van der Waals surface area contributed by atoms with E-state index in [9.17, 15) is 14.4 Å². The lowest BCUT2D eigenvalue weighted by atomic mass is 10.0. The van der Waals surface area contributed by atoms with Crippen molar-refractivity contribution in [2.75, 3.05) is 20.2 Å². The van der Waals surface area contributed by atoms with Crippen molar-refractivity contribution in [3.8, 4) is 0 Å². The summed E-state index contributed by atoms with van der Waals surface area (Å²) >= 11 is 0. The van der Waals surface area contributed by atoms with Gasteiger partial charge >= 0.3 is 5.97 Å². The number of aliphatic hydroxyl groups is 1. The molecule has 0 radical (unpaired) electrons. The Balaban J connectivity index is 0.000000149. The third kappa shape index (κ3) is 4.89. The molecule has 0 aromatic heterocycles. The van der Waals surface area contributed by atoms with Gasteiger partial charge in [0.1, 0.15) is 0 Å². The van der Waals surface area contributed by atoms with Crippen LogP contribution in [0, 0.1) is 37.5 Å². The van der Waals surface area contributed by atoms with E-state index in [0.717, 1.165) is 60.3 Å². The number of esters is 1. The fraction of sp³-hybridized carbons (Fsp3) is 0.483. The molecule has 2 amide bonds. The number of likely N-dealkylation sites (tertiary alicyclic amines) is 2. The van der Waals surface area contributed by atoms with E-state index < -0.39 is 0 Å². The molecular formula is C29H34N2O5. The summed E-state index contributed by atoms with van der Waals surface area (Å²) in [6, 6.07) is 11.7. The highest BCUT2D eigenvalue weighted by Gasteiger charge is 2.52. The maximum atomic E-state index is 11.9. The van der Waals surface area contributed by atoms with Crippen LogP contribution in [0.3, 0.4) is 0 Å². The second kappa shape index (κ2) is 9.69. The van der Waals surface area contributed by atoms with Crippen molar-refractivity contribution in [2.45, 2.75) is 46.4 Å². The fourth-order valence-corrected chi connectivity index (χ4v) is 5.64. The molecule has 2 saturated carbocycles. The number of piperidine rings is 2. The second-order valence-electron chi connectivity index (χ2n) is 10.7. The summed E-state index contributed by atoms with van der Waals surface area (Å²) in [5, 5.41) is 9.11. The molecular weight excluding hydrogens is 456 g/mol. The van der Waals surface area contributed by atoms with Gasteiger partial charge in [0.05, 0.1) is 19.3 Å². The van der Waals surface area contributed by atoms with Crippen molar-refractivity contribution in [3.63, 3.8) is 0 Å². The van der Waals surface area contributed by atoms with Gasteiger partial charge in [-0.3, -0.25) is 9.59 Å². The first-order valence-corrected chi connectivity index (χ1v) is 12.7. The van der Waals surface area contributed by atoms with Crippen molar-refractivity contribution < 1.29 is 24.2 Å². The van der Waals surface area contributed by atoms with Crippen LogP contribution in [0.15, 0.2) is 36.4 Å². The summed E-state index contributed by atoms with van der Waals surface area (Å²) in [7, 11) is 1.38. The van der Waals surface area contributed by atoms with Crippen LogP contribution in [0.1, 0.15) is 51.0 Å². The number of aliphatic hydroxyl groups excluding tert-OH is 1. The number of rotatable bonds is 6. The number of benzene rings is 2. The van der Waals surface area contributed by atoms with Crippen LogP contribution in [0.25, 0.3) is 0 Å². The third-order valence-corrected chi connectivity index (χ3v) is 8.03. The van der Waals surface area contributed by atoms with Crippen LogP contribution in [0.2, 0.25) is 0 Å². The molecule has 190 valence electrons. The minimum Gasteiger partial charge on any atom is -0.465 e. The molecule has 4 unspecified atom stereocenters. The van der Waals surface area contributed by atoms with Gasteiger partial charge in [-0.1, -0.05) is 30.3 Å². The Bertz CT molecular complexity index is 1210. The number of aryl methyl sites for hydroxylation is 2. The standard InChI is InChI=1S/C15H17NO3.C14H17NO2/c1-9-5-10(3-4-12(9)15(18)19-2)7-16-8-11-6-13(11)14(16)17;1-9-4-10(2-3-11(9)8-16)6-15-7-12-5-13(12)14(15)17/h3-5,11,13H,6-8H2,1-2H3;2-4,12-13,16H,5-8H2,1H3. The smallest absolute Gasteiger partial charge is 0.338 e. The number of amides is 2. The predicted octanol–water partition coefficient (Wildman–Crippen LogP) is 3.23. The van der Waals surface area contributed by atoms with Crippen LogP contribution in [0.5, 0.6) is 0 Å². The minimum atomic E-state index is -0.317. The highest BCUT2D eigenvalue weighted by Crippen LogP contribution is 2.47. The lowest BCUT2D eigenvalue weighted by molar-refractivity contribution is -0.131. The van der Waals surface area contributed by atoms with Gasteiger partial charge in [0.2, 0.25) is 11.8 Å².